The highest BCUT2D eigenvalue weighted by atomic mass is 16.5. The zero-order chi connectivity index (χ0) is 19.9. The topological polar surface area (TPSA) is 61.9 Å². The van der Waals surface area contributed by atoms with Crippen molar-refractivity contribution in [1.29, 1.82) is 0 Å². The molecule has 156 valence electrons. The molecule has 0 bridgehead atoms. The zero-order valence-corrected chi connectivity index (χ0v) is 17.8. The molecule has 0 aromatic rings. The molecule has 2 amide bonds. The van der Waals surface area contributed by atoms with Gasteiger partial charge in [0.25, 0.3) is 0 Å². The largest absolute Gasteiger partial charge is 0.385 e. The summed E-state index contributed by atoms with van der Waals surface area (Å²) in [7, 11) is 1.68. The fourth-order valence-electron chi connectivity index (χ4n) is 4.30. The SMILES string of the molecule is COCCCNC(=O)C(C1CCCC1)N1CCN(C(=O)CC(C)(C)C)CC1. The van der Waals surface area contributed by atoms with Crippen LogP contribution in [0.15, 0.2) is 0 Å². The molecule has 0 spiro atoms. The first-order chi connectivity index (χ1) is 12.8. The average molecular weight is 382 g/mol. The van der Waals surface area contributed by atoms with Crippen molar-refractivity contribution in [3.05, 3.63) is 0 Å². The maximum absolute atomic E-state index is 12.9. The first-order valence-electron chi connectivity index (χ1n) is 10.6. The molecular weight excluding hydrogens is 342 g/mol. The molecule has 0 aromatic carbocycles. The Morgan fingerprint density at radius 3 is 2.30 bits per heavy atom. The minimum absolute atomic E-state index is 0.0166. The molecule has 1 atom stereocenters. The van der Waals surface area contributed by atoms with Crippen LogP contribution in [0.4, 0.5) is 0 Å². The number of nitrogens with zero attached hydrogens (tertiary/aromatic N) is 2. The van der Waals surface area contributed by atoms with Gasteiger partial charge in [-0.25, -0.2) is 0 Å². The summed E-state index contributed by atoms with van der Waals surface area (Å²) in [5.74, 6) is 0.848. The molecule has 27 heavy (non-hydrogen) atoms. The van der Waals surface area contributed by atoms with E-state index in [0.717, 1.165) is 45.4 Å². The number of piperazine rings is 1. The molecule has 1 aliphatic heterocycles. The molecule has 1 N–H and O–H groups in total. The lowest BCUT2D eigenvalue weighted by Gasteiger charge is -2.41. The van der Waals surface area contributed by atoms with Crippen LogP contribution in [0.5, 0.6) is 0 Å². The van der Waals surface area contributed by atoms with Crippen molar-refractivity contribution in [2.24, 2.45) is 11.3 Å². The highest BCUT2D eigenvalue weighted by molar-refractivity contribution is 5.82. The number of carbonyl (C=O) groups excluding carboxylic acids is 2. The second-order valence-electron chi connectivity index (χ2n) is 9.28. The Kier molecular flexibility index (Phi) is 8.55. The number of ether oxygens (including phenoxy) is 1. The van der Waals surface area contributed by atoms with Crippen LogP contribution in [0, 0.1) is 11.3 Å². The fraction of sp³-hybridized carbons (Fsp3) is 0.905. The van der Waals surface area contributed by atoms with E-state index in [1.54, 1.807) is 7.11 Å². The Morgan fingerprint density at radius 2 is 1.74 bits per heavy atom. The van der Waals surface area contributed by atoms with Gasteiger partial charge in [0, 0.05) is 52.9 Å². The predicted molar refractivity (Wildman–Crippen MR) is 107 cm³/mol. The van der Waals surface area contributed by atoms with Crippen molar-refractivity contribution >= 4 is 11.8 Å². The first-order valence-corrected chi connectivity index (χ1v) is 10.6. The maximum atomic E-state index is 12.9. The molecular formula is C21H39N3O3. The molecule has 1 unspecified atom stereocenters. The molecule has 2 aliphatic rings. The molecule has 1 aliphatic carbocycles. The third-order valence-electron chi connectivity index (χ3n) is 5.68. The molecule has 0 radical (unpaired) electrons. The summed E-state index contributed by atoms with van der Waals surface area (Å²) in [4.78, 5) is 29.7. The van der Waals surface area contributed by atoms with Crippen LogP contribution in [-0.2, 0) is 14.3 Å². The summed E-state index contributed by atoms with van der Waals surface area (Å²) in [5, 5.41) is 3.12. The molecule has 2 rings (SSSR count). The number of nitrogens with one attached hydrogen (secondary N) is 1. The van der Waals surface area contributed by atoms with Crippen molar-refractivity contribution in [2.45, 2.75) is 65.3 Å². The van der Waals surface area contributed by atoms with E-state index in [0.29, 0.717) is 25.5 Å². The summed E-state index contributed by atoms with van der Waals surface area (Å²) < 4.78 is 5.07. The monoisotopic (exact) mass is 381 g/mol. The van der Waals surface area contributed by atoms with Gasteiger partial charge in [-0.2, -0.15) is 0 Å². The lowest BCUT2D eigenvalue weighted by molar-refractivity contribution is -0.136. The number of carbonyl (C=O) groups is 2. The standard InChI is InChI=1S/C21H39N3O3/c1-21(2,3)16-18(25)23-11-13-24(14-12-23)19(17-8-5-6-9-17)20(26)22-10-7-15-27-4/h17,19H,5-16H2,1-4H3,(H,22,26). The highest BCUT2D eigenvalue weighted by Gasteiger charge is 2.37. The number of rotatable bonds is 8. The van der Waals surface area contributed by atoms with Gasteiger partial charge >= 0.3 is 0 Å². The Hall–Kier alpha value is -1.14. The van der Waals surface area contributed by atoms with Gasteiger partial charge in [0.05, 0.1) is 6.04 Å². The average Bonchev–Trinajstić information content (AvgIpc) is 3.12. The van der Waals surface area contributed by atoms with E-state index in [-0.39, 0.29) is 23.3 Å². The minimum Gasteiger partial charge on any atom is -0.385 e. The zero-order valence-electron chi connectivity index (χ0n) is 17.8. The number of methoxy groups -OCH3 is 1. The smallest absolute Gasteiger partial charge is 0.237 e. The molecule has 6 heteroatoms. The Labute approximate surface area is 165 Å². The Morgan fingerprint density at radius 1 is 1.11 bits per heavy atom. The number of hydrogen-bond acceptors (Lipinski definition) is 4. The second-order valence-corrected chi connectivity index (χ2v) is 9.28. The second kappa shape index (κ2) is 10.4. The van der Waals surface area contributed by atoms with Crippen LogP contribution in [0.3, 0.4) is 0 Å². The molecule has 0 aromatic heterocycles. The van der Waals surface area contributed by atoms with Crippen molar-refractivity contribution in [3.8, 4) is 0 Å². The molecule has 1 heterocycles. The van der Waals surface area contributed by atoms with E-state index in [2.05, 4.69) is 31.0 Å². The third-order valence-corrected chi connectivity index (χ3v) is 5.68. The normalized spacial score (nSPS) is 20.7. The maximum Gasteiger partial charge on any atom is 0.237 e. The van der Waals surface area contributed by atoms with Gasteiger partial charge < -0.3 is 15.0 Å². The van der Waals surface area contributed by atoms with Crippen molar-refractivity contribution in [1.82, 2.24) is 15.1 Å². The van der Waals surface area contributed by atoms with Crippen LogP contribution >= 0.6 is 0 Å². The van der Waals surface area contributed by atoms with Crippen LogP contribution in [-0.4, -0.2) is 74.1 Å². The van der Waals surface area contributed by atoms with Crippen LogP contribution < -0.4 is 5.32 Å². The summed E-state index contributed by atoms with van der Waals surface area (Å²) in [5.41, 5.74) is 0.0166. The third kappa shape index (κ3) is 7.07. The minimum atomic E-state index is -0.0464. The summed E-state index contributed by atoms with van der Waals surface area (Å²) in [6.45, 7) is 10.7. The van der Waals surface area contributed by atoms with E-state index >= 15 is 0 Å². The fourth-order valence-corrected chi connectivity index (χ4v) is 4.30. The molecule has 1 saturated carbocycles. The van der Waals surface area contributed by atoms with Gasteiger partial charge in [-0.3, -0.25) is 14.5 Å². The number of amides is 2. The van der Waals surface area contributed by atoms with Gasteiger partial charge in [-0.1, -0.05) is 33.6 Å². The van der Waals surface area contributed by atoms with E-state index in [1.807, 2.05) is 4.90 Å². The predicted octanol–water partition coefficient (Wildman–Crippen LogP) is 2.28. The Bertz CT molecular complexity index is 476. The van der Waals surface area contributed by atoms with Gasteiger partial charge in [-0.15, -0.1) is 0 Å². The lowest BCUT2D eigenvalue weighted by Crippen LogP contribution is -2.58. The van der Waals surface area contributed by atoms with Crippen LogP contribution in [0.2, 0.25) is 0 Å². The van der Waals surface area contributed by atoms with E-state index in [4.69, 9.17) is 4.74 Å². The summed E-state index contributed by atoms with van der Waals surface area (Å²) in [6, 6.07) is -0.0464. The van der Waals surface area contributed by atoms with Crippen LogP contribution in [0.1, 0.15) is 59.3 Å². The summed E-state index contributed by atoms with van der Waals surface area (Å²) >= 11 is 0. The quantitative estimate of drug-likeness (QED) is 0.655. The van der Waals surface area contributed by atoms with Gasteiger partial charge in [-0.05, 0) is 30.6 Å². The van der Waals surface area contributed by atoms with E-state index in [1.165, 1.54) is 12.8 Å². The van der Waals surface area contributed by atoms with Gasteiger partial charge in [0.1, 0.15) is 0 Å². The van der Waals surface area contributed by atoms with E-state index < -0.39 is 0 Å². The number of hydrogen-bond donors (Lipinski definition) is 1. The summed E-state index contributed by atoms with van der Waals surface area (Å²) in [6.07, 6.45) is 6.15. The molecule has 1 saturated heterocycles. The van der Waals surface area contributed by atoms with Gasteiger partial charge in [0.2, 0.25) is 11.8 Å². The first kappa shape index (κ1) is 22.2. The van der Waals surface area contributed by atoms with Crippen molar-refractivity contribution in [2.75, 3.05) is 46.4 Å². The highest BCUT2D eigenvalue weighted by Crippen LogP contribution is 2.31. The Balaban J connectivity index is 1.91. The van der Waals surface area contributed by atoms with E-state index in [9.17, 15) is 9.59 Å². The molecule has 6 nitrogen and oxygen atoms in total. The van der Waals surface area contributed by atoms with Crippen LogP contribution in [0.25, 0.3) is 0 Å². The lowest BCUT2D eigenvalue weighted by atomic mass is 9.91. The van der Waals surface area contributed by atoms with Crippen molar-refractivity contribution in [3.63, 3.8) is 0 Å². The van der Waals surface area contributed by atoms with Gasteiger partial charge in [0.15, 0.2) is 0 Å². The molecule has 2 fully saturated rings. The van der Waals surface area contributed by atoms with Crippen molar-refractivity contribution < 1.29 is 14.3 Å².